The highest BCUT2D eigenvalue weighted by molar-refractivity contribution is 5.37. The summed E-state index contributed by atoms with van der Waals surface area (Å²) in [6.45, 7) is 1.08. The van der Waals surface area contributed by atoms with Crippen molar-refractivity contribution < 1.29 is 4.39 Å². The SMILES string of the molecule is Fc1ccn2c(CC3CCCN3)nnc2c1. The molecule has 0 spiro atoms. The molecule has 0 bridgehead atoms. The van der Waals surface area contributed by atoms with E-state index in [1.165, 1.54) is 25.0 Å². The van der Waals surface area contributed by atoms with Gasteiger partial charge in [0.1, 0.15) is 11.6 Å². The summed E-state index contributed by atoms with van der Waals surface area (Å²) in [5.74, 6) is 0.625. The van der Waals surface area contributed by atoms with Crippen LogP contribution in [0, 0.1) is 5.82 Å². The van der Waals surface area contributed by atoms with Crippen LogP contribution in [-0.2, 0) is 6.42 Å². The molecule has 1 saturated heterocycles. The molecule has 3 rings (SSSR count). The molecule has 1 atom stereocenters. The second-order valence-electron chi connectivity index (χ2n) is 4.19. The lowest BCUT2D eigenvalue weighted by atomic mass is 10.1. The van der Waals surface area contributed by atoms with Gasteiger partial charge in [0.15, 0.2) is 5.65 Å². The molecule has 84 valence electrons. The van der Waals surface area contributed by atoms with Crippen LogP contribution in [-0.4, -0.2) is 27.2 Å². The minimum atomic E-state index is -0.273. The molecule has 5 heteroatoms. The Morgan fingerprint density at radius 1 is 1.50 bits per heavy atom. The zero-order valence-corrected chi connectivity index (χ0v) is 8.86. The second-order valence-corrected chi connectivity index (χ2v) is 4.19. The number of rotatable bonds is 2. The third kappa shape index (κ3) is 1.67. The highest BCUT2D eigenvalue weighted by atomic mass is 19.1. The van der Waals surface area contributed by atoms with Gasteiger partial charge in [-0.15, -0.1) is 10.2 Å². The lowest BCUT2D eigenvalue weighted by Crippen LogP contribution is -2.24. The van der Waals surface area contributed by atoms with Crippen LogP contribution in [0.15, 0.2) is 18.3 Å². The summed E-state index contributed by atoms with van der Waals surface area (Å²) < 4.78 is 14.8. The molecular weight excluding hydrogens is 207 g/mol. The molecule has 2 aromatic rings. The average Bonchev–Trinajstić information content (AvgIpc) is 2.89. The van der Waals surface area contributed by atoms with Gasteiger partial charge in [-0.25, -0.2) is 4.39 Å². The Hall–Kier alpha value is -1.49. The van der Waals surface area contributed by atoms with E-state index >= 15 is 0 Å². The Kier molecular flexibility index (Phi) is 2.32. The number of halogens is 1. The van der Waals surface area contributed by atoms with E-state index in [4.69, 9.17) is 0 Å². The highest BCUT2D eigenvalue weighted by Crippen LogP contribution is 2.12. The number of aromatic nitrogens is 3. The van der Waals surface area contributed by atoms with Crippen LogP contribution in [0.3, 0.4) is 0 Å². The Balaban J connectivity index is 1.91. The van der Waals surface area contributed by atoms with Gasteiger partial charge in [0, 0.05) is 24.7 Å². The first-order chi connectivity index (χ1) is 7.83. The lowest BCUT2D eigenvalue weighted by Gasteiger charge is -2.07. The highest BCUT2D eigenvalue weighted by Gasteiger charge is 2.17. The van der Waals surface area contributed by atoms with E-state index in [-0.39, 0.29) is 5.82 Å². The molecule has 0 aromatic carbocycles. The van der Waals surface area contributed by atoms with E-state index < -0.39 is 0 Å². The lowest BCUT2D eigenvalue weighted by molar-refractivity contribution is 0.581. The molecule has 1 N–H and O–H groups in total. The van der Waals surface area contributed by atoms with Gasteiger partial charge >= 0.3 is 0 Å². The molecule has 1 unspecified atom stereocenters. The van der Waals surface area contributed by atoms with Gasteiger partial charge in [0.05, 0.1) is 0 Å². The second kappa shape index (κ2) is 3.83. The van der Waals surface area contributed by atoms with E-state index in [0.717, 1.165) is 18.8 Å². The third-order valence-electron chi connectivity index (χ3n) is 3.03. The van der Waals surface area contributed by atoms with Gasteiger partial charge in [0.25, 0.3) is 0 Å². The Morgan fingerprint density at radius 2 is 2.44 bits per heavy atom. The fourth-order valence-corrected chi connectivity index (χ4v) is 2.21. The van der Waals surface area contributed by atoms with Crippen LogP contribution in [0.1, 0.15) is 18.7 Å². The van der Waals surface area contributed by atoms with Crippen molar-refractivity contribution in [3.8, 4) is 0 Å². The number of hydrogen-bond acceptors (Lipinski definition) is 3. The van der Waals surface area contributed by atoms with E-state index in [2.05, 4.69) is 15.5 Å². The summed E-state index contributed by atoms with van der Waals surface area (Å²) in [6.07, 6.45) is 4.94. The maximum absolute atomic E-state index is 13.0. The molecule has 0 radical (unpaired) electrons. The zero-order valence-electron chi connectivity index (χ0n) is 8.86. The minimum Gasteiger partial charge on any atom is -0.314 e. The monoisotopic (exact) mass is 220 g/mol. The molecule has 1 aliphatic rings. The smallest absolute Gasteiger partial charge is 0.163 e. The van der Waals surface area contributed by atoms with Gasteiger partial charge in [-0.05, 0) is 25.5 Å². The predicted octanol–water partition coefficient (Wildman–Crippen LogP) is 1.16. The fraction of sp³-hybridized carbons (Fsp3) is 0.455. The van der Waals surface area contributed by atoms with Crippen molar-refractivity contribution in [3.05, 3.63) is 30.0 Å². The van der Waals surface area contributed by atoms with E-state index in [1.807, 2.05) is 4.40 Å². The number of hydrogen-bond donors (Lipinski definition) is 1. The Morgan fingerprint density at radius 3 is 3.25 bits per heavy atom. The normalized spacial score (nSPS) is 20.7. The van der Waals surface area contributed by atoms with E-state index in [0.29, 0.717) is 11.7 Å². The molecule has 0 aliphatic carbocycles. The molecule has 16 heavy (non-hydrogen) atoms. The minimum absolute atomic E-state index is 0.273. The van der Waals surface area contributed by atoms with Crippen LogP contribution >= 0.6 is 0 Å². The summed E-state index contributed by atoms with van der Waals surface area (Å²) in [4.78, 5) is 0. The fourth-order valence-electron chi connectivity index (χ4n) is 2.21. The quantitative estimate of drug-likeness (QED) is 0.826. The molecular formula is C11H13FN4. The van der Waals surface area contributed by atoms with Crippen molar-refractivity contribution >= 4 is 5.65 Å². The van der Waals surface area contributed by atoms with Gasteiger partial charge in [0.2, 0.25) is 0 Å². The first-order valence-corrected chi connectivity index (χ1v) is 5.55. The van der Waals surface area contributed by atoms with Gasteiger partial charge in [-0.3, -0.25) is 4.40 Å². The molecule has 2 aromatic heterocycles. The Bertz CT molecular complexity index is 502. The number of fused-ring (bicyclic) bond motifs is 1. The molecule has 1 aliphatic heterocycles. The summed E-state index contributed by atoms with van der Waals surface area (Å²) in [5.41, 5.74) is 0.577. The van der Waals surface area contributed by atoms with Crippen LogP contribution in [0.25, 0.3) is 5.65 Å². The predicted molar refractivity (Wildman–Crippen MR) is 57.7 cm³/mol. The zero-order chi connectivity index (χ0) is 11.0. The van der Waals surface area contributed by atoms with Crippen molar-refractivity contribution in [3.63, 3.8) is 0 Å². The molecule has 3 heterocycles. The third-order valence-corrected chi connectivity index (χ3v) is 3.03. The van der Waals surface area contributed by atoms with Gasteiger partial charge in [-0.2, -0.15) is 0 Å². The van der Waals surface area contributed by atoms with Crippen LogP contribution in [0.2, 0.25) is 0 Å². The number of nitrogens with one attached hydrogen (secondary N) is 1. The van der Waals surface area contributed by atoms with Crippen molar-refractivity contribution in [1.29, 1.82) is 0 Å². The number of nitrogens with zero attached hydrogens (tertiary/aromatic N) is 3. The first-order valence-electron chi connectivity index (χ1n) is 5.55. The van der Waals surface area contributed by atoms with Crippen molar-refractivity contribution in [2.45, 2.75) is 25.3 Å². The maximum Gasteiger partial charge on any atom is 0.163 e. The summed E-state index contributed by atoms with van der Waals surface area (Å²) in [5, 5.41) is 11.5. The summed E-state index contributed by atoms with van der Waals surface area (Å²) in [7, 11) is 0. The topological polar surface area (TPSA) is 42.2 Å². The summed E-state index contributed by atoms with van der Waals surface area (Å²) in [6, 6.07) is 3.32. The molecule has 1 fully saturated rings. The molecule has 4 nitrogen and oxygen atoms in total. The first kappa shape index (κ1) is 9.72. The molecule has 0 saturated carbocycles. The largest absolute Gasteiger partial charge is 0.314 e. The standard InChI is InChI=1S/C11H13FN4/c12-8-3-5-16-10(6-8)14-15-11(16)7-9-2-1-4-13-9/h3,5-6,9,13H,1-2,4,7H2. The van der Waals surface area contributed by atoms with Crippen LogP contribution in [0.5, 0.6) is 0 Å². The van der Waals surface area contributed by atoms with Crippen molar-refractivity contribution in [2.24, 2.45) is 0 Å². The van der Waals surface area contributed by atoms with E-state index in [9.17, 15) is 4.39 Å². The Labute approximate surface area is 92.5 Å². The van der Waals surface area contributed by atoms with Gasteiger partial charge in [-0.1, -0.05) is 0 Å². The van der Waals surface area contributed by atoms with Crippen molar-refractivity contribution in [1.82, 2.24) is 19.9 Å². The molecule has 0 amide bonds. The van der Waals surface area contributed by atoms with Crippen molar-refractivity contribution in [2.75, 3.05) is 6.54 Å². The van der Waals surface area contributed by atoms with Gasteiger partial charge < -0.3 is 5.32 Å². The maximum atomic E-state index is 13.0. The average molecular weight is 220 g/mol. The van der Waals surface area contributed by atoms with E-state index in [1.54, 1.807) is 6.20 Å². The van der Waals surface area contributed by atoms with Crippen LogP contribution < -0.4 is 5.32 Å². The number of pyridine rings is 1. The van der Waals surface area contributed by atoms with Crippen LogP contribution in [0.4, 0.5) is 4.39 Å². The summed E-state index contributed by atoms with van der Waals surface area (Å²) >= 11 is 0.